The van der Waals surface area contributed by atoms with E-state index >= 15 is 0 Å². The lowest BCUT2D eigenvalue weighted by Gasteiger charge is -2.10. The van der Waals surface area contributed by atoms with Crippen LogP contribution in [0.4, 0.5) is 11.4 Å². The monoisotopic (exact) mass is 297 g/mol. The Bertz CT molecular complexity index is 603. The van der Waals surface area contributed by atoms with Crippen LogP contribution < -0.4 is 10.6 Å². The molecule has 0 saturated carbocycles. The first-order valence-corrected chi connectivity index (χ1v) is 7.50. The molecule has 0 saturated heterocycles. The molecule has 1 aromatic rings. The Balaban J connectivity index is 2.75. The van der Waals surface area contributed by atoms with Crippen LogP contribution in [0.15, 0.2) is 64.3 Å². The maximum atomic E-state index is 4.61. The first-order valence-electron chi connectivity index (χ1n) is 7.50. The first kappa shape index (κ1) is 17.8. The molecule has 0 spiro atoms. The van der Waals surface area contributed by atoms with Crippen LogP contribution in [0.25, 0.3) is 0 Å². The van der Waals surface area contributed by atoms with E-state index in [-0.39, 0.29) is 0 Å². The van der Waals surface area contributed by atoms with E-state index < -0.39 is 0 Å². The van der Waals surface area contributed by atoms with Gasteiger partial charge in [0, 0.05) is 13.3 Å². The fourth-order valence-electron chi connectivity index (χ4n) is 2.21. The summed E-state index contributed by atoms with van der Waals surface area (Å²) in [5.74, 6) is 0. The first-order chi connectivity index (χ1) is 10.5. The van der Waals surface area contributed by atoms with E-state index in [9.17, 15) is 0 Å². The van der Waals surface area contributed by atoms with E-state index in [4.69, 9.17) is 0 Å². The van der Waals surface area contributed by atoms with Crippen molar-refractivity contribution in [3.8, 4) is 0 Å². The molecule has 0 aliphatic rings. The van der Waals surface area contributed by atoms with Crippen LogP contribution in [-0.2, 0) is 0 Å². The van der Waals surface area contributed by atoms with Crippen molar-refractivity contribution in [2.75, 3.05) is 24.2 Å². The smallest absolute Gasteiger partial charge is 0.0642 e. The van der Waals surface area contributed by atoms with Gasteiger partial charge in [0.05, 0.1) is 23.6 Å². The third-order valence-electron chi connectivity index (χ3n) is 3.11. The Hall–Kier alpha value is -2.29. The molecular formula is C19H27N3. The molecule has 0 fully saturated rings. The van der Waals surface area contributed by atoms with Gasteiger partial charge in [-0.15, -0.1) is 0 Å². The van der Waals surface area contributed by atoms with Crippen LogP contribution in [0.5, 0.6) is 0 Å². The second kappa shape index (κ2) is 8.88. The second-order valence-electron chi connectivity index (χ2n) is 5.51. The molecule has 0 atom stereocenters. The Labute approximate surface area is 134 Å². The number of nitrogens with one attached hydrogen (secondary N) is 2. The fraction of sp³-hybridized carbons (Fsp3) is 0.316. The molecule has 2 N–H and O–H groups in total. The number of anilines is 2. The van der Waals surface area contributed by atoms with Crippen molar-refractivity contribution in [2.24, 2.45) is 4.99 Å². The van der Waals surface area contributed by atoms with Crippen molar-refractivity contribution in [3.05, 3.63) is 59.3 Å². The highest BCUT2D eigenvalue weighted by molar-refractivity contribution is 5.73. The highest BCUT2D eigenvalue weighted by Crippen LogP contribution is 2.20. The summed E-state index contributed by atoms with van der Waals surface area (Å²) in [4.78, 5) is 4.61. The maximum absolute atomic E-state index is 4.61. The lowest BCUT2D eigenvalue weighted by atomic mass is 10.1. The van der Waals surface area contributed by atoms with Crippen molar-refractivity contribution < 1.29 is 0 Å². The van der Waals surface area contributed by atoms with Crippen molar-refractivity contribution in [2.45, 2.75) is 27.7 Å². The quantitative estimate of drug-likeness (QED) is 0.547. The highest BCUT2D eigenvalue weighted by Gasteiger charge is 2.00. The highest BCUT2D eigenvalue weighted by atomic mass is 14.9. The summed E-state index contributed by atoms with van der Waals surface area (Å²) in [6.45, 7) is 12.8. The van der Waals surface area contributed by atoms with E-state index in [1.807, 2.05) is 44.5 Å². The number of rotatable bonds is 7. The minimum atomic E-state index is 0.676. The molecular weight excluding hydrogens is 270 g/mol. The molecule has 0 aliphatic carbocycles. The Kier molecular flexibility index (Phi) is 7.17. The summed E-state index contributed by atoms with van der Waals surface area (Å²) < 4.78 is 0. The topological polar surface area (TPSA) is 36.4 Å². The third kappa shape index (κ3) is 5.60. The van der Waals surface area contributed by atoms with E-state index in [0.29, 0.717) is 6.54 Å². The van der Waals surface area contributed by atoms with Crippen molar-refractivity contribution in [3.63, 3.8) is 0 Å². The Morgan fingerprint density at radius 3 is 2.32 bits per heavy atom. The number of hydrogen-bond acceptors (Lipinski definition) is 3. The molecule has 0 amide bonds. The lowest BCUT2D eigenvalue weighted by Crippen LogP contribution is -2.05. The standard InChI is InChI=1S/C19H27N3/c1-14(2)13-16(5)19(15(3)4)22-12-11-21-18-10-8-7-9-17(18)20-6/h7-10,12-13,20-21H,1,11H2,2-6H3/b16-13-,22-12?. The molecule has 1 rings (SSSR count). The lowest BCUT2D eigenvalue weighted by molar-refractivity contribution is 1.18. The fourth-order valence-corrected chi connectivity index (χ4v) is 2.21. The van der Waals surface area contributed by atoms with Gasteiger partial charge in [0.25, 0.3) is 0 Å². The second-order valence-corrected chi connectivity index (χ2v) is 5.51. The molecule has 0 radical (unpaired) electrons. The van der Waals surface area contributed by atoms with Crippen LogP contribution in [-0.4, -0.2) is 19.8 Å². The molecule has 118 valence electrons. The average molecular weight is 297 g/mol. The molecule has 0 unspecified atom stereocenters. The number of allylic oxidation sites excluding steroid dienone is 4. The van der Waals surface area contributed by atoms with Gasteiger partial charge in [-0.2, -0.15) is 0 Å². The average Bonchev–Trinajstić information content (AvgIpc) is 2.46. The molecule has 1 aromatic carbocycles. The van der Waals surface area contributed by atoms with Crippen LogP contribution >= 0.6 is 0 Å². The molecule has 0 heterocycles. The van der Waals surface area contributed by atoms with Crippen molar-refractivity contribution >= 4 is 17.6 Å². The largest absolute Gasteiger partial charge is 0.386 e. The zero-order valence-corrected chi connectivity index (χ0v) is 14.3. The van der Waals surface area contributed by atoms with E-state index in [0.717, 1.165) is 28.2 Å². The minimum Gasteiger partial charge on any atom is -0.386 e. The van der Waals surface area contributed by atoms with Gasteiger partial charge in [0.1, 0.15) is 0 Å². The molecule has 0 aromatic heterocycles. The van der Waals surface area contributed by atoms with E-state index in [1.165, 1.54) is 5.57 Å². The molecule has 0 aliphatic heterocycles. The zero-order chi connectivity index (χ0) is 16.5. The Morgan fingerprint density at radius 2 is 1.77 bits per heavy atom. The Morgan fingerprint density at radius 1 is 1.14 bits per heavy atom. The summed E-state index contributed by atoms with van der Waals surface area (Å²) in [5, 5.41) is 6.53. The van der Waals surface area contributed by atoms with Gasteiger partial charge in [0.2, 0.25) is 0 Å². The van der Waals surface area contributed by atoms with Gasteiger partial charge in [-0.25, -0.2) is 0 Å². The predicted molar refractivity (Wildman–Crippen MR) is 99.9 cm³/mol. The summed E-state index contributed by atoms with van der Waals surface area (Å²) >= 11 is 0. The maximum Gasteiger partial charge on any atom is 0.0642 e. The van der Waals surface area contributed by atoms with Crippen LogP contribution in [0.3, 0.4) is 0 Å². The van der Waals surface area contributed by atoms with Gasteiger partial charge in [-0.05, 0) is 45.4 Å². The van der Waals surface area contributed by atoms with Gasteiger partial charge in [-0.3, -0.25) is 4.99 Å². The van der Waals surface area contributed by atoms with Crippen LogP contribution in [0.2, 0.25) is 0 Å². The zero-order valence-electron chi connectivity index (χ0n) is 14.3. The van der Waals surface area contributed by atoms with Crippen molar-refractivity contribution in [1.29, 1.82) is 0 Å². The SMILES string of the molecule is C=C(C)/C=C(/C)C(N=CCNc1ccccc1NC)=C(C)C. The molecule has 0 bridgehead atoms. The van der Waals surface area contributed by atoms with Crippen LogP contribution in [0, 0.1) is 0 Å². The van der Waals surface area contributed by atoms with Gasteiger partial charge in [-0.1, -0.05) is 35.9 Å². The van der Waals surface area contributed by atoms with Gasteiger partial charge < -0.3 is 10.6 Å². The van der Waals surface area contributed by atoms with Crippen molar-refractivity contribution in [1.82, 2.24) is 0 Å². The summed E-state index contributed by atoms with van der Waals surface area (Å²) in [7, 11) is 1.92. The number of benzene rings is 1. The number of nitrogens with zero attached hydrogens (tertiary/aromatic N) is 1. The summed E-state index contributed by atoms with van der Waals surface area (Å²) in [6, 6.07) is 8.12. The number of para-hydroxylation sites is 2. The third-order valence-corrected chi connectivity index (χ3v) is 3.11. The normalized spacial score (nSPS) is 11.4. The number of aliphatic imine (C=N–C) groups is 1. The predicted octanol–water partition coefficient (Wildman–Crippen LogP) is 5.03. The van der Waals surface area contributed by atoms with Gasteiger partial charge >= 0.3 is 0 Å². The molecule has 3 heteroatoms. The summed E-state index contributed by atoms with van der Waals surface area (Å²) in [6.07, 6.45) is 3.97. The van der Waals surface area contributed by atoms with E-state index in [1.54, 1.807) is 0 Å². The summed E-state index contributed by atoms with van der Waals surface area (Å²) in [5.41, 5.74) is 6.54. The van der Waals surface area contributed by atoms with Gasteiger partial charge in [0.15, 0.2) is 0 Å². The van der Waals surface area contributed by atoms with Crippen LogP contribution in [0.1, 0.15) is 27.7 Å². The van der Waals surface area contributed by atoms with E-state index in [2.05, 4.69) is 49.1 Å². The molecule has 22 heavy (non-hydrogen) atoms. The number of hydrogen-bond donors (Lipinski definition) is 2. The minimum absolute atomic E-state index is 0.676. The molecule has 3 nitrogen and oxygen atoms in total.